The smallest absolute Gasteiger partial charge is 0.419 e. The minimum absolute atomic E-state index is 0.400. The Balaban J connectivity index is 2.19. The van der Waals surface area contributed by atoms with Crippen LogP contribution in [0.4, 0.5) is 4.79 Å². The van der Waals surface area contributed by atoms with Crippen molar-refractivity contribution in [3.8, 4) is 16.9 Å². The lowest BCUT2D eigenvalue weighted by molar-refractivity contribution is 0.0544. The number of carbonyl (C=O) groups excluding carboxylic acids is 1. The van der Waals surface area contributed by atoms with E-state index in [1.165, 1.54) is 0 Å². The molecular weight excluding hydrogens is 302 g/mol. The third kappa shape index (κ3) is 3.13. The van der Waals surface area contributed by atoms with Crippen molar-refractivity contribution in [3.05, 3.63) is 54.7 Å². The fourth-order valence-corrected chi connectivity index (χ4v) is 2.64. The summed E-state index contributed by atoms with van der Waals surface area (Å²) in [4.78, 5) is 12.6. The molecule has 0 amide bonds. The largest absolute Gasteiger partial charge is 0.497 e. The van der Waals surface area contributed by atoms with Gasteiger partial charge in [0.15, 0.2) is 0 Å². The first-order valence-electron chi connectivity index (χ1n) is 7.87. The predicted molar refractivity (Wildman–Crippen MR) is 95.6 cm³/mol. The van der Waals surface area contributed by atoms with Crippen LogP contribution in [-0.4, -0.2) is 23.4 Å². The molecule has 1 aromatic heterocycles. The van der Waals surface area contributed by atoms with Gasteiger partial charge in [-0.25, -0.2) is 4.79 Å². The Morgan fingerprint density at radius 1 is 1.04 bits per heavy atom. The van der Waals surface area contributed by atoms with Crippen LogP contribution in [0.15, 0.2) is 54.7 Å². The lowest BCUT2D eigenvalue weighted by Crippen LogP contribution is -2.26. The van der Waals surface area contributed by atoms with Crippen molar-refractivity contribution in [1.29, 1.82) is 0 Å². The van der Waals surface area contributed by atoms with E-state index >= 15 is 0 Å². The zero-order chi connectivity index (χ0) is 17.3. The minimum Gasteiger partial charge on any atom is -0.497 e. The van der Waals surface area contributed by atoms with Gasteiger partial charge in [0, 0.05) is 23.2 Å². The lowest BCUT2D eigenvalue weighted by Gasteiger charge is -2.19. The van der Waals surface area contributed by atoms with Crippen molar-refractivity contribution in [2.75, 3.05) is 7.11 Å². The Morgan fingerprint density at radius 3 is 2.38 bits per heavy atom. The summed E-state index contributed by atoms with van der Waals surface area (Å²) < 4.78 is 12.4. The van der Waals surface area contributed by atoms with Crippen LogP contribution in [0.2, 0.25) is 0 Å². The Labute approximate surface area is 141 Å². The SMILES string of the molecule is COc1ccc2c(-c3ccccc3)cn(C(=O)OC(C)(C)C)c2c1. The maximum absolute atomic E-state index is 12.6. The summed E-state index contributed by atoms with van der Waals surface area (Å²) in [5.41, 5.74) is 2.25. The summed E-state index contributed by atoms with van der Waals surface area (Å²) in [6.07, 6.45) is 1.43. The molecule has 0 bridgehead atoms. The molecular formula is C20H21NO3. The van der Waals surface area contributed by atoms with Crippen LogP contribution in [0.5, 0.6) is 5.75 Å². The van der Waals surface area contributed by atoms with E-state index in [1.807, 2.05) is 75.5 Å². The van der Waals surface area contributed by atoms with Crippen LogP contribution in [0, 0.1) is 0 Å². The minimum atomic E-state index is -0.556. The van der Waals surface area contributed by atoms with Gasteiger partial charge in [0.25, 0.3) is 0 Å². The average molecular weight is 323 g/mol. The van der Waals surface area contributed by atoms with E-state index in [-0.39, 0.29) is 0 Å². The van der Waals surface area contributed by atoms with Crippen LogP contribution in [0.3, 0.4) is 0 Å². The quantitative estimate of drug-likeness (QED) is 0.659. The van der Waals surface area contributed by atoms with Crippen molar-refractivity contribution in [2.45, 2.75) is 26.4 Å². The second-order valence-electron chi connectivity index (χ2n) is 6.64. The zero-order valence-corrected chi connectivity index (χ0v) is 14.4. The molecule has 124 valence electrons. The number of hydrogen-bond donors (Lipinski definition) is 0. The first-order valence-corrected chi connectivity index (χ1v) is 7.87. The monoisotopic (exact) mass is 323 g/mol. The standard InChI is InChI=1S/C20H21NO3/c1-20(2,3)24-19(22)21-13-17(14-8-6-5-7-9-14)16-11-10-15(23-4)12-18(16)21/h5-13H,1-4H3. The van der Waals surface area contributed by atoms with Crippen LogP contribution in [-0.2, 0) is 4.74 Å². The molecule has 2 aromatic carbocycles. The fraction of sp³-hybridized carbons (Fsp3) is 0.250. The van der Waals surface area contributed by atoms with E-state index in [2.05, 4.69) is 0 Å². The van der Waals surface area contributed by atoms with Gasteiger partial charge < -0.3 is 9.47 Å². The summed E-state index contributed by atoms with van der Waals surface area (Å²) in [6, 6.07) is 15.7. The number of rotatable bonds is 2. The molecule has 0 fully saturated rings. The van der Waals surface area contributed by atoms with Crippen LogP contribution in [0.1, 0.15) is 20.8 Å². The van der Waals surface area contributed by atoms with E-state index < -0.39 is 11.7 Å². The maximum atomic E-state index is 12.6. The number of ether oxygens (including phenoxy) is 2. The molecule has 0 atom stereocenters. The molecule has 0 N–H and O–H groups in total. The Morgan fingerprint density at radius 2 is 1.75 bits per heavy atom. The Bertz CT molecular complexity index is 873. The number of fused-ring (bicyclic) bond motifs is 1. The topological polar surface area (TPSA) is 40.5 Å². The first kappa shape index (κ1) is 16.1. The molecule has 0 saturated heterocycles. The summed E-state index contributed by atoms with van der Waals surface area (Å²) in [7, 11) is 1.61. The van der Waals surface area contributed by atoms with Crippen LogP contribution < -0.4 is 4.74 Å². The molecule has 3 aromatic rings. The summed E-state index contributed by atoms with van der Waals surface area (Å²) in [6.45, 7) is 5.57. The van der Waals surface area contributed by atoms with Gasteiger partial charge in [-0.15, -0.1) is 0 Å². The molecule has 24 heavy (non-hydrogen) atoms. The molecule has 0 radical (unpaired) electrons. The molecule has 0 saturated carbocycles. The molecule has 0 aliphatic heterocycles. The van der Waals surface area contributed by atoms with Gasteiger partial charge in [-0.05, 0) is 38.5 Å². The van der Waals surface area contributed by atoms with Crippen molar-refractivity contribution in [3.63, 3.8) is 0 Å². The highest BCUT2D eigenvalue weighted by Crippen LogP contribution is 2.33. The van der Waals surface area contributed by atoms with E-state index in [0.29, 0.717) is 5.75 Å². The van der Waals surface area contributed by atoms with Gasteiger partial charge >= 0.3 is 6.09 Å². The van der Waals surface area contributed by atoms with Gasteiger partial charge in [-0.1, -0.05) is 30.3 Å². The van der Waals surface area contributed by atoms with E-state index in [0.717, 1.165) is 22.0 Å². The number of carbonyl (C=O) groups is 1. The normalized spacial score (nSPS) is 11.5. The van der Waals surface area contributed by atoms with Gasteiger partial charge in [-0.3, -0.25) is 4.57 Å². The number of aromatic nitrogens is 1. The zero-order valence-electron chi connectivity index (χ0n) is 14.4. The molecule has 3 rings (SSSR count). The van der Waals surface area contributed by atoms with Crippen LogP contribution >= 0.6 is 0 Å². The molecule has 4 heteroatoms. The summed E-state index contributed by atoms with van der Waals surface area (Å²) in [5.74, 6) is 0.699. The predicted octanol–water partition coefficient (Wildman–Crippen LogP) is 5.10. The second-order valence-corrected chi connectivity index (χ2v) is 6.64. The lowest BCUT2D eigenvalue weighted by atomic mass is 10.1. The molecule has 0 aliphatic rings. The summed E-state index contributed by atoms with van der Waals surface area (Å²) in [5, 5.41) is 0.979. The number of benzene rings is 2. The number of methoxy groups -OCH3 is 1. The number of nitrogens with zero attached hydrogens (tertiary/aromatic N) is 1. The third-order valence-corrected chi connectivity index (χ3v) is 3.69. The van der Waals surface area contributed by atoms with E-state index in [4.69, 9.17) is 9.47 Å². The Kier molecular flexibility index (Phi) is 4.06. The van der Waals surface area contributed by atoms with E-state index in [1.54, 1.807) is 11.7 Å². The maximum Gasteiger partial charge on any atom is 0.419 e. The second kappa shape index (κ2) is 6.04. The number of hydrogen-bond acceptors (Lipinski definition) is 3. The molecule has 0 spiro atoms. The highest BCUT2D eigenvalue weighted by atomic mass is 16.6. The Hall–Kier alpha value is -2.75. The molecule has 0 aliphatic carbocycles. The van der Waals surface area contributed by atoms with Crippen molar-refractivity contribution >= 4 is 17.0 Å². The highest BCUT2D eigenvalue weighted by molar-refractivity contribution is 6.01. The van der Waals surface area contributed by atoms with Gasteiger partial charge in [0.2, 0.25) is 0 Å². The van der Waals surface area contributed by atoms with Gasteiger partial charge in [0.1, 0.15) is 11.4 Å². The van der Waals surface area contributed by atoms with Crippen molar-refractivity contribution in [2.24, 2.45) is 0 Å². The van der Waals surface area contributed by atoms with Crippen molar-refractivity contribution in [1.82, 2.24) is 4.57 Å². The molecule has 1 heterocycles. The third-order valence-electron chi connectivity index (χ3n) is 3.69. The highest BCUT2D eigenvalue weighted by Gasteiger charge is 2.21. The first-order chi connectivity index (χ1) is 11.4. The van der Waals surface area contributed by atoms with E-state index in [9.17, 15) is 4.79 Å². The van der Waals surface area contributed by atoms with Crippen molar-refractivity contribution < 1.29 is 14.3 Å². The molecule has 4 nitrogen and oxygen atoms in total. The average Bonchev–Trinajstić information content (AvgIpc) is 2.93. The molecule has 0 unspecified atom stereocenters. The van der Waals surface area contributed by atoms with Crippen LogP contribution in [0.25, 0.3) is 22.0 Å². The summed E-state index contributed by atoms with van der Waals surface area (Å²) >= 11 is 0. The van der Waals surface area contributed by atoms with Gasteiger partial charge in [0.05, 0.1) is 12.6 Å². The van der Waals surface area contributed by atoms with Gasteiger partial charge in [-0.2, -0.15) is 0 Å². The fourth-order valence-electron chi connectivity index (χ4n) is 2.64.